The van der Waals surface area contributed by atoms with Crippen molar-refractivity contribution in [2.45, 2.75) is 44.4 Å². The molecule has 1 aliphatic carbocycles. The van der Waals surface area contributed by atoms with Gasteiger partial charge in [0.2, 0.25) is 0 Å². The lowest BCUT2D eigenvalue weighted by Gasteiger charge is -2.28. The number of amides is 4. The van der Waals surface area contributed by atoms with Gasteiger partial charge in [-0.25, -0.2) is 9.59 Å². The van der Waals surface area contributed by atoms with Crippen molar-refractivity contribution >= 4 is 23.4 Å². The number of primary amides is 1. The number of rotatable bonds is 8. The van der Waals surface area contributed by atoms with Gasteiger partial charge < -0.3 is 25.9 Å². The fourth-order valence-electron chi connectivity index (χ4n) is 3.72. The van der Waals surface area contributed by atoms with Gasteiger partial charge in [0.25, 0.3) is 5.09 Å². The quantitative estimate of drug-likeness (QED) is 0.404. The lowest BCUT2D eigenvalue weighted by atomic mass is 9.93. The molecule has 1 saturated carbocycles. The van der Waals surface area contributed by atoms with E-state index in [1.807, 2.05) is 6.07 Å². The Balaban J connectivity index is 1.66. The number of nitrogens with two attached hydrogens (primary N) is 1. The van der Waals surface area contributed by atoms with Crippen molar-refractivity contribution in [2.75, 3.05) is 17.3 Å². The van der Waals surface area contributed by atoms with Crippen LogP contribution in [0.1, 0.15) is 31.2 Å². The second-order valence-corrected chi connectivity index (χ2v) is 7.57. The van der Waals surface area contributed by atoms with Gasteiger partial charge in [0.05, 0.1) is 19.3 Å². The van der Waals surface area contributed by atoms with Gasteiger partial charge in [-0.1, -0.05) is 6.07 Å². The SMILES string of the molecule is COc1ccc(NC(=O)N[C@H]2CC[C@H](O[N+](=O)[O-])CC2)cc1N(Cc1cccnc1)C(N)=O. The van der Waals surface area contributed by atoms with E-state index in [0.717, 1.165) is 5.56 Å². The maximum absolute atomic E-state index is 12.5. The van der Waals surface area contributed by atoms with Gasteiger partial charge in [0.15, 0.2) is 0 Å². The Morgan fingerprint density at radius 3 is 2.64 bits per heavy atom. The summed E-state index contributed by atoms with van der Waals surface area (Å²) >= 11 is 0. The predicted octanol–water partition coefficient (Wildman–Crippen LogP) is 2.82. The third-order valence-electron chi connectivity index (χ3n) is 5.30. The Bertz CT molecular complexity index is 980. The maximum Gasteiger partial charge on any atom is 0.319 e. The third kappa shape index (κ3) is 6.69. The largest absolute Gasteiger partial charge is 0.495 e. The third-order valence-corrected chi connectivity index (χ3v) is 5.30. The molecule has 0 atom stereocenters. The first-order valence-corrected chi connectivity index (χ1v) is 10.4. The zero-order valence-corrected chi connectivity index (χ0v) is 18.1. The first-order valence-electron chi connectivity index (χ1n) is 10.4. The molecule has 1 aromatic carbocycles. The summed E-state index contributed by atoms with van der Waals surface area (Å²) < 4.78 is 5.38. The van der Waals surface area contributed by atoms with Crippen molar-refractivity contribution in [2.24, 2.45) is 5.73 Å². The molecule has 1 aliphatic rings. The van der Waals surface area contributed by atoms with E-state index in [-0.39, 0.29) is 12.6 Å². The van der Waals surface area contributed by atoms with Crippen molar-refractivity contribution < 1.29 is 24.3 Å². The molecule has 4 amide bonds. The molecule has 176 valence electrons. The van der Waals surface area contributed by atoms with Gasteiger partial charge in [-0.2, -0.15) is 0 Å². The summed E-state index contributed by atoms with van der Waals surface area (Å²) in [5.74, 6) is 0.410. The van der Waals surface area contributed by atoms with Crippen LogP contribution >= 0.6 is 0 Å². The van der Waals surface area contributed by atoms with Crippen molar-refractivity contribution in [1.82, 2.24) is 10.3 Å². The molecule has 0 aliphatic heterocycles. The summed E-state index contributed by atoms with van der Waals surface area (Å²) in [6.45, 7) is 0.171. The minimum Gasteiger partial charge on any atom is -0.495 e. The molecule has 0 unspecified atom stereocenters. The van der Waals surface area contributed by atoms with Crippen LogP contribution in [0.4, 0.5) is 21.0 Å². The number of carbonyl (C=O) groups is 2. The van der Waals surface area contributed by atoms with E-state index in [1.54, 1.807) is 36.7 Å². The highest BCUT2D eigenvalue weighted by Gasteiger charge is 2.25. The van der Waals surface area contributed by atoms with E-state index < -0.39 is 23.3 Å². The summed E-state index contributed by atoms with van der Waals surface area (Å²) in [5.41, 5.74) is 7.21. The number of methoxy groups -OCH3 is 1. The standard InChI is InChI=1S/C21H26N6O6/c1-32-19-9-6-16(11-18(19)26(20(22)28)13-14-3-2-10-23-12-14)25-21(29)24-15-4-7-17(8-5-15)33-27(30)31/h2-3,6,9-12,15,17H,4-5,7-8,13H2,1H3,(H2,22,28)(H2,24,25,29)/t15-,17-. The highest BCUT2D eigenvalue weighted by atomic mass is 17.0. The summed E-state index contributed by atoms with van der Waals surface area (Å²) in [5, 5.41) is 15.3. The second kappa shape index (κ2) is 11.0. The first-order chi connectivity index (χ1) is 15.9. The van der Waals surface area contributed by atoms with Crippen molar-refractivity contribution in [3.63, 3.8) is 0 Å². The number of benzene rings is 1. The normalized spacial score (nSPS) is 17.5. The Kier molecular flexibility index (Phi) is 7.84. The number of nitrogens with zero attached hydrogens (tertiary/aromatic N) is 3. The number of ether oxygens (including phenoxy) is 1. The predicted molar refractivity (Wildman–Crippen MR) is 119 cm³/mol. The van der Waals surface area contributed by atoms with Gasteiger partial charge in [-0.05, 0) is 55.5 Å². The minimum absolute atomic E-state index is 0.123. The zero-order valence-electron chi connectivity index (χ0n) is 18.1. The van der Waals surface area contributed by atoms with Crippen molar-refractivity contribution in [3.05, 3.63) is 58.4 Å². The minimum atomic E-state index is -0.782. The van der Waals surface area contributed by atoms with Crippen LogP contribution in [0, 0.1) is 10.1 Å². The lowest BCUT2D eigenvalue weighted by Crippen LogP contribution is -2.41. The monoisotopic (exact) mass is 458 g/mol. The number of nitrogens with one attached hydrogen (secondary N) is 2. The van der Waals surface area contributed by atoms with Crippen molar-refractivity contribution in [3.8, 4) is 5.75 Å². The lowest BCUT2D eigenvalue weighted by molar-refractivity contribution is -0.769. The fourth-order valence-corrected chi connectivity index (χ4v) is 3.72. The molecule has 0 radical (unpaired) electrons. The van der Waals surface area contributed by atoms with Gasteiger partial charge in [0.1, 0.15) is 11.9 Å². The molecule has 1 fully saturated rings. The molecule has 0 bridgehead atoms. The van der Waals surface area contributed by atoms with Crippen LogP contribution in [-0.2, 0) is 11.4 Å². The van der Waals surface area contributed by atoms with Crippen LogP contribution in [0.25, 0.3) is 0 Å². The van der Waals surface area contributed by atoms with Crippen LogP contribution in [0.5, 0.6) is 5.75 Å². The Morgan fingerprint density at radius 2 is 2.03 bits per heavy atom. The number of hydrogen-bond donors (Lipinski definition) is 3. The van der Waals surface area contributed by atoms with E-state index in [2.05, 4.69) is 20.5 Å². The first kappa shape index (κ1) is 23.6. The average molecular weight is 458 g/mol. The van der Waals surface area contributed by atoms with Crippen LogP contribution in [-0.4, -0.2) is 41.4 Å². The summed E-state index contributed by atoms with van der Waals surface area (Å²) in [7, 11) is 1.47. The highest BCUT2D eigenvalue weighted by Crippen LogP contribution is 2.32. The van der Waals surface area contributed by atoms with Crippen molar-refractivity contribution in [1.29, 1.82) is 0 Å². The summed E-state index contributed by atoms with van der Waals surface area (Å²) in [6, 6.07) is 7.21. The van der Waals surface area contributed by atoms with Gasteiger partial charge in [0, 0.05) is 24.1 Å². The molecule has 1 heterocycles. The van der Waals surface area contributed by atoms with Crippen LogP contribution in [0.15, 0.2) is 42.7 Å². The second-order valence-electron chi connectivity index (χ2n) is 7.57. The van der Waals surface area contributed by atoms with E-state index >= 15 is 0 Å². The van der Waals surface area contributed by atoms with Crippen LogP contribution in [0.2, 0.25) is 0 Å². The molecule has 0 spiro atoms. The number of hydrogen-bond acceptors (Lipinski definition) is 7. The summed E-state index contributed by atoms with van der Waals surface area (Å²) in [6.07, 6.45) is 4.93. The Morgan fingerprint density at radius 1 is 1.27 bits per heavy atom. The van der Waals surface area contributed by atoms with Gasteiger partial charge in [-0.3, -0.25) is 9.88 Å². The molecule has 0 saturated heterocycles. The Labute approximate surface area is 190 Å². The van der Waals surface area contributed by atoms with E-state index in [4.69, 9.17) is 10.5 Å². The highest BCUT2D eigenvalue weighted by molar-refractivity contribution is 5.95. The van der Waals surface area contributed by atoms with E-state index in [1.165, 1.54) is 12.0 Å². The molecule has 33 heavy (non-hydrogen) atoms. The maximum atomic E-state index is 12.5. The molecule has 2 aromatic rings. The van der Waals surface area contributed by atoms with E-state index in [0.29, 0.717) is 42.8 Å². The summed E-state index contributed by atoms with van der Waals surface area (Å²) in [4.78, 5) is 45.1. The van der Waals surface area contributed by atoms with E-state index in [9.17, 15) is 19.7 Å². The molecule has 3 rings (SSSR count). The van der Waals surface area contributed by atoms with Crippen LogP contribution in [0.3, 0.4) is 0 Å². The fraction of sp³-hybridized carbons (Fsp3) is 0.381. The number of aromatic nitrogens is 1. The number of pyridine rings is 1. The molecular weight excluding hydrogens is 432 g/mol. The average Bonchev–Trinajstić information content (AvgIpc) is 2.79. The molecule has 12 nitrogen and oxygen atoms in total. The molecular formula is C21H26N6O6. The molecule has 4 N–H and O–H groups in total. The van der Waals surface area contributed by atoms with Gasteiger partial charge in [-0.15, -0.1) is 10.1 Å². The van der Waals surface area contributed by atoms with Crippen LogP contribution < -0.4 is 26.0 Å². The number of urea groups is 2. The molecule has 12 heteroatoms. The number of carbonyl (C=O) groups excluding carboxylic acids is 2. The smallest absolute Gasteiger partial charge is 0.319 e. The van der Waals surface area contributed by atoms with Gasteiger partial charge >= 0.3 is 12.1 Å². The Hall–Kier alpha value is -4.09. The molecule has 1 aromatic heterocycles. The number of anilines is 2. The topological polar surface area (TPSA) is 162 Å². The zero-order chi connectivity index (χ0) is 23.8.